The Morgan fingerprint density at radius 1 is 1.16 bits per heavy atom. The van der Waals surface area contributed by atoms with E-state index in [2.05, 4.69) is 31.7 Å². The molecule has 0 aliphatic carbocycles. The topological polar surface area (TPSA) is 59.0 Å². The molecule has 0 radical (unpaired) electrons. The predicted octanol–water partition coefficient (Wildman–Crippen LogP) is 4.77. The smallest absolute Gasteiger partial charge is 0.308 e. The van der Waals surface area contributed by atoms with E-state index < -0.39 is 17.7 Å². The number of nitrogens with zero attached hydrogens (tertiary/aromatic N) is 2. The highest BCUT2D eigenvalue weighted by atomic mass is 79.9. The first-order valence-corrected chi connectivity index (χ1v) is 8.04. The van der Waals surface area contributed by atoms with Crippen LogP contribution < -0.4 is 10.6 Å². The highest BCUT2D eigenvalue weighted by Gasteiger charge is 2.11. The molecule has 3 rings (SSSR count). The summed E-state index contributed by atoms with van der Waals surface area (Å²) in [5, 5.41) is 9.03. The zero-order chi connectivity index (χ0) is 18.0. The second kappa shape index (κ2) is 7.02. The number of carbonyl (C=O) groups is 1. The largest absolute Gasteiger partial charge is 0.323 e. The maximum absolute atomic E-state index is 13.6. The summed E-state index contributed by atoms with van der Waals surface area (Å²) < 4.78 is 29.3. The monoisotopic (exact) mass is 406 g/mol. The molecule has 0 spiro atoms. The van der Waals surface area contributed by atoms with Crippen molar-refractivity contribution in [1.29, 1.82) is 0 Å². The van der Waals surface area contributed by atoms with Crippen LogP contribution in [0.4, 0.5) is 25.0 Å². The molecule has 5 nitrogen and oxygen atoms in total. The number of benzene rings is 2. The number of carbonyl (C=O) groups excluding carboxylic acids is 1. The molecule has 0 bridgehead atoms. The number of aromatic nitrogens is 2. The lowest BCUT2D eigenvalue weighted by molar-refractivity contribution is 0.262. The van der Waals surface area contributed by atoms with Crippen LogP contribution in [0, 0.1) is 11.6 Å². The molecule has 2 aromatic carbocycles. The molecule has 0 aliphatic heterocycles. The van der Waals surface area contributed by atoms with Crippen LogP contribution in [-0.2, 0) is 7.05 Å². The first kappa shape index (κ1) is 17.1. The first-order chi connectivity index (χ1) is 11.9. The van der Waals surface area contributed by atoms with Crippen molar-refractivity contribution in [3.05, 3.63) is 64.8 Å². The predicted molar refractivity (Wildman–Crippen MR) is 95.3 cm³/mol. The zero-order valence-electron chi connectivity index (χ0n) is 13.1. The SMILES string of the molecule is Cn1ncc(Br)c1-c1cccc(NC(=O)Nc2cc(F)ccc2F)c1. The first-order valence-electron chi connectivity index (χ1n) is 7.25. The minimum absolute atomic E-state index is 0.233. The van der Waals surface area contributed by atoms with E-state index in [1.807, 2.05) is 6.07 Å². The number of nitrogens with one attached hydrogen (secondary N) is 2. The number of hydrogen-bond donors (Lipinski definition) is 2. The van der Waals surface area contributed by atoms with E-state index >= 15 is 0 Å². The molecule has 2 amide bonds. The van der Waals surface area contributed by atoms with E-state index in [9.17, 15) is 13.6 Å². The van der Waals surface area contributed by atoms with Crippen LogP contribution in [0.5, 0.6) is 0 Å². The summed E-state index contributed by atoms with van der Waals surface area (Å²) in [6.07, 6.45) is 1.68. The van der Waals surface area contributed by atoms with Crippen molar-refractivity contribution in [2.45, 2.75) is 0 Å². The van der Waals surface area contributed by atoms with Crippen LogP contribution in [0.25, 0.3) is 11.3 Å². The Morgan fingerprint density at radius 3 is 2.68 bits per heavy atom. The number of aryl methyl sites for hydroxylation is 1. The molecule has 0 saturated heterocycles. The minimum atomic E-state index is -0.718. The third kappa shape index (κ3) is 3.85. The van der Waals surface area contributed by atoms with Gasteiger partial charge in [0.25, 0.3) is 0 Å². The van der Waals surface area contributed by atoms with E-state index in [0.29, 0.717) is 5.69 Å². The van der Waals surface area contributed by atoms with Gasteiger partial charge in [-0.25, -0.2) is 13.6 Å². The number of hydrogen-bond acceptors (Lipinski definition) is 2. The summed E-state index contributed by atoms with van der Waals surface area (Å²) in [7, 11) is 1.81. The molecule has 0 atom stereocenters. The fraction of sp³-hybridized carbons (Fsp3) is 0.0588. The quantitative estimate of drug-likeness (QED) is 0.657. The van der Waals surface area contributed by atoms with E-state index in [0.717, 1.165) is 33.9 Å². The Kier molecular flexibility index (Phi) is 4.80. The standard InChI is InChI=1S/C17H13BrF2N4O/c1-24-16(13(18)9-21-24)10-3-2-4-12(7-10)22-17(25)23-15-8-11(19)5-6-14(15)20/h2-9H,1H3,(H2,22,23,25). The van der Waals surface area contributed by atoms with Gasteiger partial charge in [-0.3, -0.25) is 4.68 Å². The average Bonchev–Trinajstić information content (AvgIpc) is 2.90. The van der Waals surface area contributed by atoms with Gasteiger partial charge < -0.3 is 10.6 Å². The molecule has 3 aromatic rings. The Labute approximate surface area is 150 Å². The number of halogens is 3. The Hall–Kier alpha value is -2.74. The number of anilines is 2. The maximum atomic E-state index is 13.6. The van der Waals surface area contributed by atoms with E-state index in [1.54, 1.807) is 36.1 Å². The minimum Gasteiger partial charge on any atom is -0.308 e. The number of rotatable bonds is 3. The van der Waals surface area contributed by atoms with Crippen LogP contribution in [0.15, 0.2) is 53.1 Å². The van der Waals surface area contributed by atoms with Gasteiger partial charge in [0.2, 0.25) is 0 Å². The van der Waals surface area contributed by atoms with E-state index in [1.165, 1.54) is 0 Å². The van der Waals surface area contributed by atoms with Gasteiger partial charge in [-0.2, -0.15) is 5.10 Å². The summed E-state index contributed by atoms with van der Waals surface area (Å²) in [6, 6.07) is 9.26. The van der Waals surface area contributed by atoms with Crippen molar-refractivity contribution in [3.8, 4) is 11.3 Å². The molecular formula is C17H13BrF2N4O. The second-order valence-corrected chi connectivity index (χ2v) is 6.10. The molecule has 2 N–H and O–H groups in total. The van der Waals surface area contributed by atoms with Crippen molar-refractivity contribution in [1.82, 2.24) is 9.78 Å². The van der Waals surface area contributed by atoms with Gasteiger partial charge in [0.1, 0.15) is 11.6 Å². The molecule has 0 fully saturated rings. The Morgan fingerprint density at radius 2 is 1.96 bits per heavy atom. The molecule has 1 heterocycles. The van der Waals surface area contributed by atoms with E-state index in [4.69, 9.17) is 0 Å². The molecule has 0 aliphatic rings. The van der Waals surface area contributed by atoms with E-state index in [-0.39, 0.29) is 5.69 Å². The molecule has 0 unspecified atom stereocenters. The zero-order valence-corrected chi connectivity index (χ0v) is 14.6. The Balaban J connectivity index is 1.78. The molecular weight excluding hydrogens is 394 g/mol. The van der Waals surface area contributed by atoms with Gasteiger partial charge >= 0.3 is 6.03 Å². The lowest BCUT2D eigenvalue weighted by Gasteiger charge is -2.10. The third-order valence-corrected chi connectivity index (χ3v) is 4.04. The van der Waals surface area contributed by atoms with Gasteiger partial charge in [0.15, 0.2) is 0 Å². The second-order valence-electron chi connectivity index (χ2n) is 5.25. The van der Waals surface area contributed by atoms with Gasteiger partial charge in [0, 0.05) is 24.4 Å². The summed E-state index contributed by atoms with van der Waals surface area (Å²) in [4.78, 5) is 12.0. The summed E-state index contributed by atoms with van der Waals surface area (Å²) in [5.74, 6) is -1.36. The van der Waals surface area contributed by atoms with Gasteiger partial charge in [-0.15, -0.1) is 0 Å². The van der Waals surface area contributed by atoms with Crippen LogP contribution in [0.2, 0.25) is 0 Å². The fourth-order valence-electron chi connectivity index (χ4n) is 2.36. The molecule has 128 valence electrons. The summed E-state index contributed by atoms with van der Waals surface area (Å²) >= 11 is 3.43. The summed E-state index contributed by atoms with van der Waals surface area (Å²) in [5.41, 5.74) is 1.95. The summed E-state index contributed by atoms with van der Waals surface area (Å²) in [6.45, 7) is 0. The van der Waals surface area contributed by atoms with Crippen LogP contribution >= 0.6 is 15.9 Å². The lowest BCUT2D eigenvalue weighted by atomic mass is 10.1. The normalized spacial score (nSPS) is 10.6. The van der Waals surface area contributed by atoms with Crippen LogP contribution in [-0.4, -0.2) is 15.8 Å². The van der Waals surface area contributed by atoms with Crippen molar-refractivity contribution in [3.63, 3.8) is 0 Å². The lowest BCUT2D eigenvalue weighted by Crippen LogP contribution is -2.20. The van der Waals surface area contributed by atoms with Crippen molar-refractivity contribution in [2.24, 2.45) is 7.05 Å². The highest BCUT2D eigenvalue weighted by molar-refractivity contribution is 9.10. The van der Waals surface area contributed by atoms with Crippen molar-refractivity contribution < 1.29 is 13.6 Å². The fourth-order valence-corrected chi connectivity index (χ4v) is 2.93. The Bertz CT molecular complexity index is 923. The highest BCUT2D eigenvalue weighted by Crippen LogP contribution is 2.29. The van der Waals surface area contributed by atoms with Crippen LogP contribution in [0.3, 0.4) is 0 Å². The molecule has 1 aromatic heterocycles. The van der Waals surface area contributed by atoms with Gasteiger partial charge in [-0.1, -0.05) is 12.1 Å². The van der Waals surface area contributed by atoms with Gasteiger partial charge in [-0.05, 0) is 40.2 Å². The molecule has 0 saturated carbocycles. The number of amides is 2. The number of urea groups is 1. The van der Waals surface area contributed by atoms with Crippen LogP contribution in [0.1, 0.15) is 0 Å². The molecule has 8 heteroatoms. The van der Waals surface area contributed by atoms with Crippen molar-refractivity contribution in [2.75, 3.05) is 10.6 Å². The van der Waals surface area contributed by atoms with Gasteiger partial charge in [0.05, 0.1) is 22.1 Å². The average molecular weight is 407 g/mol. The third-order valence-electron chi connectivity index (χ3n) is 3.46. The molecule has 25 heavy (non-hydrogen) atoms. The van der Waals surface area contributed by atoms with Crippen molar-refractivity contribution >= 4 is 33.3 Å². The maximum Gasteiger partial charge on any atom is 0.323 e.